The third-order valence-electron chi connectivity index (χ3n) is 2.72. The van der Waals surface area contributed by atoms with E-state index in [4.69, 9.17) is 16.1 Å². The smallest absolute Gasteiger partial charge is 0.262 e. The molecule has 0 amide bonds. The van der Waals surface area contributed by atoms with Crippen molar-refractivity contribution in [2.75, 3.05) is 0 Å². The predicted octanol–water partition coefficient (Wildman–Crippen LogP) is 3.47. The summed E-state index contributed by atoms with van der Waals surface area (Å²) in [7, 11) is 0. The van der Waals surface area contributed by atoms with Crippen LogP contribution < -0.4 is 0 Å². The molecule has 0 aliphatic heterocycles. The van der Waals surface area contributed by atoms with E-state index in [1.807, 2.05) is 0 Å². The second-order valence-electron chi connectivity index (χ2n) is 4.13. The van der Waals surface area contributed by atoms with Gasteiger partial charge in [0, 0.05) is 16.7 Å². The Hall–Kier alpha value is -2.53. The van der Waals surface area contributed by atoms with Gasteiger partial charge in [0.05, 0.1) is 5.56 Å². The first kappa shape index (κ1) is 12.5. The van der Waals surface area contributed by atoms with Gasteiger partial charge in [-0.1, -0.05) is 28.9 Å². The van der Waals surface area contributed by atoms with Crippen LogP contribution in [0.25, 0.3) is 22.8 Å². The van der Waals surface area contributed by atoms with Crippen LogP contribution >= 0.6 is 11.6 Å². The maximum Gasteiger partial charge on any atom is 0.262 e. The van der Waals surface area contributed by atoms with Gasteiger partial charge in [-0.25, -0.2) is 0 Å². The van der Waals surface area contributed by atoms with Gasteiger partial charge >= 0.3 is 0 Å². The summed E-state index contributed by atoms with van der Waals surface area (Å²) in [5.41, 5.74) is 1.06. The first-order valence-corrected chi connectivity index (χ1v) is 6.13. The molecule has 1 aromatic heterocycles. The summed E-state index contributed by atoms with van der Waals surface area (Å²) in [6, 6.07) is 11.2. The molecule has 0 spiro atoms. The molecule has 0 saturated heterocycles. The van der Waals surface area contributed by atoms with Crippen LogP contribution in [-0.4, -0.2) is 20.4 Å². The number of hydrogen-bond acceptors (Lipinski definition) is 5. The van der Waals surface area contributed by atoms with Crippen molar-refractivity contribution in [2.24, 2.45) is 0 Å². The summed E-state index contributed by atoms with van der Waals surface area (Å²) in [4.78, 5) is 4.20. The number of aromatic nitrogens is 2. The van der Waals surface area contributed by atoms with Gasteiger partial charge in [0.2, 0.25) is 5.82 Å². The van der Waals surface area contributed by atoms with Crippen LogP contribution in [0.1, 0.15) is 0 Å². The molecule has 0 fully saturated rings. The Labute approximate surface area is 119 Å². The second-order valence-corrected chi connectivity index (χ2v) is 4.57. The summed E-state index contributed by atoms with van der Waals surface area (Å²) >= 11 is 5.91. The lowest BCUT2D eigenvalue weighted by Crippen LogP contribution is -1.82. The second kappa shape index (κ2) is 4.86. The van der Waals surface area contributed by atoms with E-state index < -0.39 is 0 Å². The lowest BCUT2D eigenvalue weighted by Gasteiger charge is -1.99. The van der Waals surface area contributed by atoms with E-state index in [0.717, 1.165) is 0 Å². The van der Waals surface area contributed by atoms with Gasteiger partial charge in [0.1, 0.15) is 11.5 Å². The fraction of sp³-hybridized carbons (Fsp3) is 0. The zero-order chi connectivity index (χ0) is 14.1. The van der Waals surface area contributed by atoms with Crippen LogP contribution in [0.15, 0.2) is 47.0 Å². The summed E-state index contributed by atoms with van der Waals surface area (Å²) in [5.74, 6) is 0.361. The zero-order valence-corrected chi connectivity index (χ0v) is 10.9. The Morgan fingerprint density at radius 3 is 2.65 bits per heavy atom. The Kier molecular flexibility index (Phi) is 3.04. The first-order chi connectivity index (χ1) is 9.63. The van der Waals surface area contributed by atoms with E-state index in [-0.39, 0.29) is 17.4 Å². The Balaban J connectivity index is 2.02. The van der Waals surface area contributed by atoms with Crippen molar-refractivity contribution < 1.29 is 14.7 Å². The van der Waals surface area contributed by atoms with Crippen LogP contribution in [0.3, 0.4) is 0 Å². The van der Waals surface area contributed by atoms with E-state index in [0.29, 0.717) is 22.0 Å². The predicted molar refractivity (Wildman–Crippen MR) is 73.5 cm³/mol. The molecule has 0 aliphatic rings. The van der Waals surface area contributed by atoms with Crippen LogP contribution in [0, 0.1) is 0 Å². The van der Waals surface area contributed by atoms with Gasteiger partial charge in [-0.3, -0.25) is 0 Å². The summed E-state index contributed by atoms with van der Waals surface area (Å²) in [6.07, 6.45) is 0. The molecule has 0 unspecified atom stereocenters. The molecule has 0 atom stereocenters. The van der Waals surface area contributed by atoms with Gasteiger partial charge in [-0.15, -0.1) is 0 Å². The topological polar surface area (TPSA) is 79.4 Å². The van der Waals surface area contributed by atoms with Crippen LogP contribution in [0.2, 0.25) is 5.02 Å². The molecule has 100 valence electrons. The van der Waals surface area contributed by atoms with Crippen molar-refractivity contribution in [1.82, 2.24) is 10.1 Å². The number of phenols is 2. The molecule has 0 radical (unpaired) electrons. The molecule has 0 saturated carbocycles. The lowest BCUT2D eigenvalue weighted by atomic mass is 10.2. The van der Waals surface area contributed by atoms with Crippen molar-refractivity contribution in [3.8, 4) is 34.3 Å². The molecule has 5 nitrogen and oxygen atoms in total. The maximum atomic E-state index is 9.76. The average Bonchev–Trinajstić information content (AvgIpc) is 2.88. The van der Waals surface area contributed by atoms with Gasteiger partial charge in [0.15, 0.2) is 0 Å². The quantitative estimate of drug-likeness (QED) is 0.755. The van der Waals surface area contributed by atoms with E-state index >= 15 is 0 Å². The standard InChI is InChI=1S/C14H9ClN2O3/c15-9-3-1-2-8(6-9)13-16-14(20-17-13)11-5-4-10(18)7-12(11)19/h1-7,18-19H. The third-order valence-corrected chi connectivity index (χ3v) is 2.96. The fourth-order valence-corrected chi connectivity index (χ4v) is 1.97. The Bertz CT molecular complexity index is 771. The molecular formula is C14H9ClN2O3. The highest BCUT2D eigenvalue weighted by Crippen LogP contribution is 2.32. The number of aromatic hydroxyl groups is 2. The van der Waals surface area contributed by atoms with Crippen molar-refractivity contribution in [2.45, 2.75) is 0 Å². The minimum atomic E-state index is -0.133. The summed E-state index contributed by atoms with van der Waals surface area (Å²) in [5, 5.41) is 23.4. The molecule has 0 bridgehead atoms. The number of rotatable bonds is 2. The largest absolute Gasteiger partial charge is 0.508 e. The molecular weight excluding hydrogens is 280 g/mol. The van der Waals surface area contributed by atoms with Crippen molar-refractivity contribution in [3.05, 3.63) is 47.5 Å². The minimum absolute atomic E-state index is 0.0409. The number of phenolic OH excluding ortho intramolecular Hbond substituents is 2. The zero-order valence-electron chi connectivity index (χ0n) is 10.1. The van der Waals surface area contributed by atoms with E-state index in [1.165, 1.54) is 18.2 Å². The van der Waals surface area contributed by atoms with Crippen LogP contribution in [0.5, 0.6) is 11.5 Å². The van der Waals surface area contributed by atoms with Gasteiger partial charge in [-0.2, -0.15) is 4.98 Å². The summed E-state index contributed by atoms with van der Waals surface area (Å²) in [6.45, 7) is 0. The molecule has 1 heterocycles. The van der Waals surface area contributed by atoms with E-state index in [9.17, 15) is 10.2 Å². The number of nitrogens with zero attached hydrogens (tertiary/aromatic N) is 2. The molecule has 6 heteroatoms. The number of hydrogen-bond donors (Lipinski definition) is 2. The minimum Gasteiger partial charge on any atom is -0.508 e. The van der Waals surface area contributed by atoms with Crippen LogP contribution in [-0.2, 0) is 0 Å². The highest BCUT2D eigenvalue weighted by Gasteiger charge is 2.14. The molecule has 2 aromatic carbocycles. The lowest BCUT2D eigenvalue weighted by molar-refractivity contribution is 0.423. The monoisotopic (exact) mass is 288 g/mol. The Morgan fingerprint density at radius 1 is 1.05 bits per heavy atom. The normalized spacial score (nSPS) is 10.7. The number of halogens is 1. The maximum absolute atomic E-state index is 9.76. The van der Waals surface area contributed by atoms with Crippen LogP contribution in [0.4, 0.5) is 0 Å². The molecule has 0 aliphatic carbocycles. The van der Waals surface area contributed by atoms with Gasteiger partial charge in [0.25, 0.3) is 5.89 Å². The molecule has 20 heavy (non-hydrogen) atoms. The van der Waals surface area contributed by atoms with Crippen molar-refractivity contribution in [3.63, 3.8) is 0 Å². The van der Waals surface area contributed by atoms with Crippen molar-refractivity contribution in [1.29, 1.82) is 0 Å². The SMILES string of the molecule is Oc1ccc(-c2nc(-c3cccc(Cl)c3)no2)c(O)c1. The molecule has 3 aromatic rings. The fourth-order valence-electron chi connectivity index (χ4n) is 1.78. The van der Waals surface area contributed by atoms with E-state index in [2.05, 4.69) is 10.1 Å². The first-order valence-electron chi connectivity index (χ1n) is 5.75. The van der Waals surface area contributed by atoms with Gasteiger partial charge < -0.3 is 14.7 Å². The number of benzene rings is 2. The summed E-state index contributed by atoms with van der Waals surface area (Å²) < 4.78 is 5.12. The van der Waals surface area contributed by atoms with E-state index in [1.54, 1.807) is 24.3 Å². The average molecular weight is 289 g/mol. The Morgan fingerprint density at radius 2 is 1.90 bits per heavy atom. The highest BCUT2D eigenvalue weighted by atomic mass is 35.5. The third kappa shape index (κ3) is 2.31. The molecule has 2 N–H and O–H groups in total. The molecule has 3 rings (SSSR count). The van der Waals surface area contributed by atoms with Gasteiger partial charge in [-0.05, 0) is 24.3 Å². The highest BCUT2D eigenvalue weighted by molar-refractivity contribution is 6.30. The van der Waals surface area contributed by atoms with Crippen molar-refractivity contribution >= 4 is 11.6 Å².